The number of hydrogen-bond donors (Lipinski definition) is 2. The molecule has 0 radical (unpaired) electrons. The summed E-state index contributed by atoms with van der Waals surface area (Å²) in [5.74, 6) is -2.31. The second-order valence-electron chi connectivity index (χ2n) is 3.30. The van der Waals surface area contributed by atoms with Crippen LogP contribution in [0.25, 0.3) is 0 Å². The summed E-state index contributed by atoms with van der Waals surface area (Å²) >= 11 is 0. The van der Waals surface area contributed by atoms with Crippen LogP contribution in [0.4, 0.5) is 0 Å². The van der Waals surface area contributed by atoms with E-state index in [0.29, 0.717) is 0 Å². The van der Waals surface area contributed by atoms with Crippen LogP contribution >= 0.6 is 0 Å². The topological polar surface area (TPSA) is 58.9 Å². The highest BCUT2D eigenvalue weighted by molar-refractivity contribution is 6.18. The molecule has 0 aromatic heterocycles. The van der Waals surface area contributed by atoms with Crippen molar-refractivity contribution >= 4 is 10.0 Å². The summed E-state index contributed by atoms with van der Waals surface area (Å²) in [6, 6.07) is 0. The van der Waals surface area contributed by atoms with Crippen molar-refractivity contribution in [2.24, 2.45) is 0 Å². The first-order valence-corrected chi connectivity index (χ1v) is 4.59. The van der Waals surface area contributed by atoms with Gasteiger partial charge in [0.1, 0.15) is 0 Å². The number of aliphatic hydroxyl groups is 2. The zero-order valence-corrected chi connectivity index (χ0v) is 8.83. The molecule has 0 spiro atoms. The molecule has 4 nitrogen and oxygen atoms in total. The molecule has 0 aliphatic rings. The first kappa shape index (κ1) is 11.1. The van der Waals surface area contributed by atoms with Gasteiger partial charge in [-0.2, -0.15) is 0 Å². The average Bonchev–Trinajstić information content (AvgIpc) is 1.55. The van der Waals surface area contributed by atoms with Crippen LogP contribution in [0.15, 0.2) is 0 Å². The molecule has 0 aromatic rings. The third-order valence-electron chi connectivity index (χ3n) is 0.824. The zero-order chi connectivity index (χ0) is 9.12. The van der Waals surface area contributed by atoms with Crippen molar-refractivity contribution < 1.29 is 19.1 Å². The molecule has 0 saturated heterocycles. The lowest BCUT2D eigenvalue weighted by Crippen LogP contribution is -2.32. The quantitative estimate of drug-likeness (QED) is 0.451. The third-order valence-corrected chi connectivity index (χ3v) is 2.47. The van der Waals surface area contributed by atoms with Crippen molar-refractivity contribution in [3.8, 4) is 0 Å². The van der Waals surface area contributed by atoms with E-state index in [2.05, 4.69) is 0 Å². The Labute approximate surface area is 69.2 Å². The molecule has 68 valence electrons. The highest BCUT2D eigenvalue weighted by Crippen LogP contribution is 2.05. The molecule has 0 aliphatic heterocycles. The lowest BCUT2D eigenvalue weighted by Gasteiger charge is -2.22. The maximum Gasteiger partial charge on any atom is 0.309 e. The molecule has 2 N–H and O–H groups in total. The van der Waals surface area contributed by atoms with Gasteiger partial charge < -0.3 is 19.1 Å². The highest BCUT2D eigenvalue weighted by Gasteiger charge is 2.17. The molecule has 0 amide bonds. The maximum atomic E-state index is 9.07. The third kappa shape index (κ3) is 10.1. The van der Waals surface area contributed by atoms with Crippen LogP contribution in [0.5, 0.6) is 0 Å². The molecule has 0 aromatic carbocycles. The van der Waals surface area contributed by atoms with Crippen LogP contribution in [0.3, 0.4) is 0 Å². The van der Waals surface area contributed by atoms with E-state index in [4.69, 9.17) is 19.1 Å². The second kappa shape index (κ2) is 3.64. The van der Waals surface area contributed by atoms with Gasteiger partial charge in [0.2, 0.25) is 0 Å². The molecule has 0 aliphatic carbocycles. The largest absolute Gasteiger partial charge is 0.371 e. The smallest absolute Gasteiger partial charge is 0.309 e. The molecule has 0 atom stereocenters. The minimum Gasteiger partial charge on any atom is -0.371 e. The van der Waals surface area contributed by atoms with Gasteiger partial charge in [0.15, 0.2) is 11.6 Å². The summed E-state index contributed by atoms with van der Waals surface area (Å²) in [4.78, 5) is 0. The number of hydrogen-bond acceptors (Lipinski definition) is 4. The summed E-state index contributed by atoms with van der Waals surface area (Å²) in [6.45, 7) is 6.09. The molecule has 11 heavy (non-hydrogen) atoms. The summed E-state index contributed by atoms with van der Waals surface area (Å²) in [5, 5.41) is 18.1. The normalized spacial score (nSPS) is 13.6. The first-order valence-electron chi connectivity index (χ1n) is 3.43. The second-order valence-corrected chi connectivity index (χ2v) is 4.11. The van der Waals surface area contributed by atoms with Crippen LogP contribution < -0.4 is 0 Å². The number of rotatable bonds is 4. The van der Waals surface area contributed by atoms with E-state index in [0.717, 1.165) is 0 Å². The Hall–Kier alpha value is 0.0569. The minimum atomic E-state index is -1.30. The summed E-state index contributed by atoms with van der Waals surface area (Å²) < 4.78 is 9.84. The Balaban J connectivity index is 3.44. The molecule has 0 bridgehead atoms. The molecule has 0 rings (SSSR count). The fourth-order valence-corrected chi connectivity index (χ4v) is 0.954. The molecular formula is C6H16O4Si. The van der Waals surface area contributed by atoms with Crippen LogP contribution in [-0.2, 0) is 8.85 Å². The van der Waals surface area contributed by atoms with Crippen LogP contribution in [0, 0.1) is 0 Å². The monoisotopic (exact) mass is 180 g/mol. The summed E-state index contributed by atoms with van der Waals surface area (Å²) in [6.07, 6.45) is 0. The van der Waals surface area contributed by atoms with Gasteiger partial charge in [-0.1, -0.05) is 0 Å². The van der Waals surface area contributed by atoms with Crippen molar-refractivity contribution in [1.29, 1.82) is 0 Å². The van der Waals surface area contributed by atoms with Crippen LogP contribution in [0.2, 0.25) is 0 Å². The van der Waals surface area contributed by atoms with E-state index in [-0.39, 0.29) is 0 Å². The van der Waals surface area contributed by atoms with Gasteiger partial charge in [-0.05, 0) is 27.7 Å². The predicted octanol–water partition coefficient (Wildman–Crippen LogP) is -0.525. The van der Waals surface area contributed by atoms with Crippen molar-refractivity contribution in [3.05, 3.63) is 0 Å². The highest BCUT2D eigenvalue weighted by atomic mass is 28.3. The first-order chi connectivity index (χ1) is 4.71. The van der Waals surface area contributed by atoms with Crippen molar-refractivity contribution in [2.75, 3.05) is 0 Å². The zero-order valence-electron chi connectivity index (χ0n) is 7.42. The molecule has 0 heterocycles. The molecule has 0 unspecified atom stereocenters. The van der Waals surface area contributed by atoms with Crippen molar-refractivity contribution in [2.45, 2.75) is 39.3 Å². The van der Waals surface area contributed by atoms with Crippen molar-refractivity contribution in [3.63, 3.8) is 0 Å². The fraction of sp³-hybridized carbons (Fsp3) is 1.00. The Morgan fingerprint density at radius 3 is 1.36 bits per heavy atom. The van der Waals surface area contributed by atoms with Gasteiger partial charge in [-0.25, -0.2) is 0 Å². The van der Waals surface area contributed by atoms with Crippen LogP contribution in [0.1, 0.15) is 27.7 Å². The molecule has 5 heteroatoms. The SMILES string of the molecule is CC(C)(O)O[SiH2]OC(C)(C)O. The van der Waals surface area contributed by atoms with E-state index in [1.807, 2.05) is 0 Å². The fourth-order valence-electron chi connectivity index (χ4n) is 0.318. The molecule has 0 fully saturated rings. The Bertz CT molecular complexity index is 98.7. The summed E-state index contributed by atoms with van der Waals surface area (Å²) in [7, 11) is -1.30. The van der Waals surface area contributed by atoms with Crippen LogP contribution in [-0.4, -0.2) is 31.8 Å². The molecule has 0 saturated carbocycles. The van der Waals surface area contributed by atoms with E-state index >= 15 is 0 Å². The lowest BCUT2D eigenvalue weighted by atomic mass is 10.4. The van der Waals surface area contributed by atoms with Crippen molar-refractivity contribution in [1.82, 2.24) is 0 Å². The van der Waals surface area contributed by atoms with E-state index < -0.39 is 21.6 Å². The average molecular weight is 180 g/mol. The van der Waals surface area contributed by atoms with Gasteiger partial charge in [0.05, 0.1) is 0 Å². The van der Waals surface area contributed by atoms with Gasteiger partial charge in [-0.3, -0.25) is 0 Å². The molecular weight excluding hydrogens is 164 g/mol. The predicted molar refractivity (Wildman–Crippen MR) is 43.3 cm³/mol. The van der Waals surface area contributed by atoms with Gasteiger partial charge in [0, 0.05) is 0 Å². The van der Waals surface area contributed by atoms with E-state index in [9.17, 15) is 0 Å². The van der Waals surface area contributed by atoms with Gasteiger partial charge in [-0.15, -0.1) is 0 Å². The van der Waals surface area contributed by atoms with E-state index in [1.165, 1.54) is 27.7 Å². The Kier molecular flexibility index (Phi) is 3.66. The van der Waals surface area contributed by atoms with Gasteiger partial charge >= 0.3 is 10.0 Å². The minimum absolute atomic E-state index is 1.16. The Morgan fingerprint density at radius 1 is 0.909 bits per heavy atom. The van der Waals surface area contributed by atoms with Gasteiger partial charge in [0.25, 0.3) is 0 Å². The summed E-state index contributed by atoms with van der Waals surface area (Å²) in [5.41, 5.74) is 0. The van der Waals surface area contributed by atoms with E-state index in [1.54, 1.807) is 0 Å². The Morgan fingerprint density at radius 2 is 1.18 bits per heavy atom. The lowest BCUT2D eigenvalue weighted by molar-refractivity contribution is -0.152. The standard InChI is InChI=1S/C6H16O4Si/c1-5(2,7)9-11-10-6(3,4)8/h7-8H,11H2,1-4H3. The maximum absolute atomic E-state index is 9.07.